The van der Waals surface area contributed by atoms with Gasteiger partial charge < -0.3 is 15.0 Å². The van der Waals surface area contributed by atoms with Gasteiger partial charge in [-0.2, -0.15) is 0 Å². The summed E-state index contributed by atoms with van der Waals surface area (Å²) in [6.45, 7) is 8.08. The number of hydrogen-bond acceptors (Lipinski definition) is 3. The molecule has 0 aliphatic carbocycles. The van der Waals surface area contributed by atoms with Crippen molar-refractivity contribution in [3.63, 3.8) is 0 Å². The highest BCUT2D eigenvalue weighted by Crippen LogP contribution is 2.12. The van der Waals surface area contributed by atoms with Gasteiger partial charge in [0.2, 0.25) is 5.91 Å². The molecule has 0 aromatic rings. The predicted octanol–water partition coefficient (Wildman–Crippen LogP) is 0.622. The summed E-state index contributed by atoms with van der Waals surface area (Å²) in [4.78, 5) is 14.1. The van der Waals surface area contributed by atoms with Crippen molar-refractivity contribution in [2.45, 2.75) is 38.8 Å². The third-order valence-corrected chi connectivity index (χ3v) is 2.90. The molecule has 4 nitrogen and oxygen atoms in total. The minimum atomic E-state index is -0.482. The molecule has 0 saturated carbocycles. The lowest BCUT2D eigenvalue weighted by molar-refractivity contribution is -0.137. The first-order valence-corrected chi connectivity index (χ1v) is 5.57. The normalized spacial score (nSPS) is 23.7. The molecule has 1 fully saturated rings. The molecule has 1 rings (SSSR count). The van der Waals surface area contributed by atoms with Crippen LogP contribution in [0.4, 0.5) is 0 Å². The van der Waals surface area contributed by atoms with Gasteiger partial charge in [0.1, 0.15) is 0 Å². The van der Waals surface area contributed by atoms with E-state index in [9.17, 15) is 4.79 Å². The monoisotopic (exact) mass is 214 g/mol. The van der Waals surface area contributed by atoms with Gasteiger partial charge in [-0.3, -0.25) is 4.79 Å². The highest BCUT2D eigenvalue weighted by Gasteiger charge is 2.31. The van der Waals surface area contributed by atoms with Crippen LogP contribution in [0.3, 0.4) is 0 Å². The Kier molecular flexibility index (Phi) is 4.11. The van der Waals surface area contributed by atoms with Gasteiger partial charge in [-0.15, -0.1) is 0 Å². The zero-order valence-corrected chi connectivity index (χ0v) is 10.2. The second-order valence-corrected chi connectivity index (χ2v) is 4.66. The number of nitrogens with zero attached hydrogens (tertiary/aromatic N) is 1. The van der Waals surface area contributed by atoms with Gasteiger partial charge in [-0.1, -0.05) is 0 Å². The maximum Gasteiger partial charge on any atom is 0.242 e. The number of rotatable bonds is 2. The standard InChI is InChI=1S/C11H22N2O2/c1-9-8-13(6-5-7-15-9)10(14)11(2,3)12-4/h9,12H,5-8H2,1-4H3. The third kappa shape index (κ3) is 3.18. The Morgan fingerprint density at radius 2 is 2.20 bits per heavy atom. The van der Waals surface area contributed by atoms with Gasteiger partial charge in [0.15, 0.2) is 0 Å². The van der Waals surface area contributed by atoms with Crippen LogP contribution in [0.5, 0.6) is 0 Å². The molecule has 1 heterocycles. The topological polar surface area (TPSA) is 41.6 Å². The van der Waals surface area contributed by atoms with Crippen molar-refractivity contribution >= 4 is 5.91 Å². The largest absolute Gasteiger partial charge is 0.377 e. The van der Waals surface area contributed by atoms with Gasteiger partial charge in [0.05, 0.1) is 11.6 Å². The van der Waals surface area contributed by atoms with Crippen molar-refractivity contribution in [3.05, 3.63) is 0 Å². The third-order valence-electron chi connectivity index (χ3n) is 2.90. The number of amides is 1. The summed E-state index contributed by atoms with van der Waals surface area (Å²) >= 11 is 0. The fourth-order valence-corrected chi connectivity index (χ4v) is 1.68. The van der Waals surface area contributed by atoms with Crippen LogP contribution in [-0.2, 0) is 9.53 Å². The Hall–Kier alpha value is -0.610. The van der Waals surface area contributed by atoms with Crippen molar-refractivity contribution in [2.24, 2.45) is 0 Å². The van der Waals surface area contributed by atoms with E-state index in [4.69, 9.17) is 4.74 Å². The van der Waals surface area contributed by atoms with Crippen LogP contribution >= 0.6 is 0 Å². The predicted molar refractivity (Wildman–Crippen MR) is 59.7 cm³/mol. The second kappa shape index (κ2) is 4.94. The van der Waals surface area contributed by atoms with Crippen LogP contribution in [0.2, 0.25) is 0 Å². The number of likely N-dealkylation sites (N-methyl/N-ethyl adjacent to an activating group) is 1. The highest BCUT2D eigenvalue weighted by atomic mass is 16.5. The molecule has 0 aromatic carbocycles. The molecule has 1 aliphatic rings. The molecule has 88 valence electrons. The second-order valence-electron chi connectivity index (χ2n) is 4.66. The molecule has 1 N–H and O–H groups in total. The van der Waals surface area contributed by atoms with E-state index in [1.54, 1.807) is 0 Å². The Morgan fingerprint density at radius 1 is 1.53 bits per heavy atom. The Morgan fingerprint density at radius 3 is 2.80 bits per heavy atom. The molecule has 15 heavy (non-hydrogen) atoms. The summed E-state index contributed by atoms with van der Waals surface area (Å²) in [5.74, 6) is 0.155. The van der Waals surface area contributed by atoms with Crippen LogP contribution in [0.15, 0.2) is 0 Å². The highest BCUT2D eigenvalue weighted by molar-refractivity contribution is 5.85. The van der Waals surface area contributed by atoms with Gasteiger partial charge in [-0.05, 0) is 34.2 Å². The molecule has 0 aromatic heterocycles. The lowest BCUT2D eigenvalue weighted by Gasteiger charge is -2.31. The molecule has 1 amide bonds. The number of nitrogens with one attached hydrogen (secondary N) is 1. The average molecular weight is 214 g/mol. The maximum absolute atomic E-state index is 12.2. The molecule has 1 aliphatic heterocycles. The Labute approximate surface area is 92.0 Å². The number of carbonyl (C=O) groups is 1. The lowest BCUT2D eigenvalue weighted by atomic mass is 10.0. The first kappa shape index (κ1) is 12.5. The molecule has 0 spiro atoms. The smallest absolute Gasteiger partial charge is 0.242 e. The Balaban J connectivity index is 2.65. The number of carbonyl (C=O) groups excluding carboxylic acids is 1. The molecule has 0 radical (unpaired) electrons. The zero-order chi connectivity index (χ0) is 11.5. The van der Waals surface area contributed by atoms with Gasteiger partial charge in [0, 0.05) is 19.7 Å². The summed E-state index contributed by atoms with van der Waals surface area (Å²) in [5, 5.41) is 3.04. The summed E-state index contributed by atoms with van der Waals surface area (Å²) in [7, 11) is 1.82. The van der Waals surface area contributed by atoms with Gasteiger partial charge >= 0.3 is 0 Å². The quantitative estimate of drug-likeness (QED) is 0.733. The molecule has 0 bridgehead atoms. The van der Waals surface area contributed by atoms with Crippen LogP contribution < -0.4 is 5.32 Å². The average Bonchev–Trinajstić information content (AvgIpc) is 2.41. The molecule has 1 unspecified atom stereocenters. The van der Waals surface area contributed by atoms with Gasteiger partial charge in [-0.25, -0.2) is 0 Å². The Bertz CT molecular complexity index is 229. The van der Waals surface area contributed by atoms with Crippen LogP contribution in [0, 0.1) is 0 Å². The first-order chi connectivity index (χ1) is 6.97. The molecular formula is C11H22N2O2. The minimum absolute atomic E-state index is 0.143. The SMILES string of the molecule is CNC(C)(C)C(=O)N1CCCOC(C)C1. The lowest BCUT2D eigenvalue weighted by Crippen LogP contribution is -2.53. The van der Waals surface area contributed by atoms with Crippen molar-refractivity contribution in [1.82, 2.24) is 10.2 Å². The maximum atomic E-state index is 12.2. The summed E-state index contributed by atoms with van der Waals surface area (Å²) in [5.41, 5.74) is -0.482. The van der Waals surface area contributed by atoms with Crippen LogP contribution in [-0.4, -0.2) is 49.2 Å². The first-order valence-electron chi connectivity index (χ1n) is 5.57. The van der Waals surface area contributed by atoms with E-state index in [1.807, 2.05) is 32.7 Å². The fraction of sp³-hybridized carbons (Fsp3) is 0.909. The summed E-state index contributed by atoms with van der Waals surface area (Å²) in [6, 6.07) is 0. The molecule has 1 saturated heterocycles. The molecule has 1 atom stereocenters. The van der Waals surface area contributed by atoms with E-state index in [-0.39, 0.29) is 12.0 Å². The number of hydrogen-bond donors (Lipinski definition) is 1. The van der Waals surface area contributed by atoms with E-state index in [1.165, 1.54) is 0 Å². The summed E-state index contributed by atoms with van der Waals surface area (Å²) in [6.07, 6.45) is 1.07. The molecule has 4 heteroatoms. The van der Waals surface area contributed by atoms with E-state index < -0.39 is 5.54 Å². The zero-order valence-electron chi connectivity index (χ0n) is 10.2. The minimum Gasteiger partial charge on any atom is -0.377 e. The van der Waals surface area contributed by atoms with Crippen molar-refractivity contribution in [2.75, 3.05) is 26.7 Å². The van der Waals surface area contributed by atoms with Crippen molar-refractivity contribution in [1.29, 1.82) is 0 Å². The van der Waals surface area contributed by atoms with Crippen molar-refractivity contribution < 1.29 is 9.53 Å². The number of ether oxygens (including phenoxy) is 1. The fourth-order valence-electron chi connectivity index (χ4n) is 1.68. The van der Waals surface area contributed by atoms with Crippen LogP contribution in [0.1, 0.15) is 27.2 Å². The molecular weight excluding hydrogens is 192 g/mol. The van der Waals surface area contributed by atoms with E-state index in [2.05, 4.69) is 5.32 Å². The van der Waals surface area contributed by atoms with E-state index >= 15 is 0 Å². The van der Waals surface area contributed by atoms with Gasteiger partial charge in [0.25, 0.3) is 0 Å². The van der Waals surface area contributed by atoms with Crippen molar-refractivity contribution in [3.8, 4) is 0 Å². The van der Waals surface area contributed by atoms with E-state index in [0.29, 0.717) is 6.54 Å². The van der Waals surface area contributed by atoms with Crippen LogP contribution in [0.25, 0.3) is 0 Å². The summed E-state index contributed by atoms with van der Waals surface area (Å²) < 4.78 is 5.52. The van der Waals surface area contributed by atoms with E-state index in [0.717, 1.165) is 19.6 Å².